The predicted molar refractivity (Wildman–Crippen MR) is 99.4 cm³/mol. The van der Waals surface area contributed by atoms with Crippen molar-refractivity contribution in [1.29, 1.82) is 0 Å². The van der Waals surface area contributed by atoms with Gasteiger partial charge in [-0.15, -0.1) is 0 Å². The first-order chi connectivity index (χ1) is 12.9. The Morgan fingerprint density at radius 1 is 1.18 bits per heavy atom. The van der Waals surface area contributed by atoms with Gasteiger partial charge < -0.3 is 10.7 Å². The SMILES string of the molecule is C[N+](C(=O)c1ccc[nH]1)=C1C(S(=O)(=O)O)=CCc2cc(N)c(S(=O)(=O)O)cc21. The van der Waals surface area contributed by atoms with Crippen molar-refractivity contribution in [3.05, 3.63) is 58.3 Å². The molecule has 0 spiro atoms. The predicted octanol–water partition coefficient (Wildman–Crippen LogP) is 0.443. The van der Waals surface area contributed by atoms with Crippen molar-refractivity contribution in [2.24, 2.45) is 0 Å². The highest BCUT2D eigenvalue weighted by Gasteiger charge is 2.37. The molecule has 0 unspecified atom stereocenters. The van der Waals surface area contributed by atoms with E-state index in [2.05, 4.69) is 4.98 Å². The molecule has 12 heteroatoms. The first-order valence-corrected chi connectivity index (χ1v) is 10.7. The molecule has 1 aromatic carbocycles. The number of carbonyl (C=O) groups excluding carboxylic acids is 1. The summed E-state index contributed by atoms with van der Waals surface area (Å²) in [6, 6.07) is 5.28. The number of anilines is 1. The Kier molecular flexibility index (Phi) is 4.75. The van der Waals surface area contributed by atoms with E-state index in [0.29, 0.717) is 5.56 Å². The average Bonchev–Trinajstić information content (AvgIpc) is 3.11. The van der Waals surface area contributed by atoms with Crippen LogP contribution in [0.3, 0.4) is 0 Å². The van der Waals surface area contributed by atoms with Crippen LogP contribution in [0.4, 0.5) is 5.69 Å². The summed E-state index contributed by atoms with van der Waals surface area (Å²) in [5.74, 6) is -0.632. The van der Waals surface area contributed by atoms with E-state index in [4.69, 9.17) is 5.73 Å². The molecule has 0 atom stereocenters. The maximum absolute atomic E-state index is 12.7. The van der Waals surface area contributed by atoms with Crippen molar-refractivity contribution < 1.29 is 35.3 Å². The summed E-state index contributed by atoms with van der Waals surface area (Å²) in [6.45, 7) is 0. The third-order valence-electron chi connectivity index (χ3n) is 4.26. The van der Waals surface area contributed by atoms with Crippen LogP contribution < -0.4 is 5.73 Å². The molecule has 0 saturated heterocycles. The number of hydrogen-bond donors (Lipinski definition) is 4. The van der Waals surface area contributed by atoms with Crippen LogP contribution in [0, 0.1) is 0 Å². The Morgan fingerprint density at radius 3 is 2.39 bits per heavy atom. The number of nitrogen functional groups attached to an aromatic ring is 1. The van der Waals surface area contributed by atoms with Gasteiger partial charge >= 0.3 is 16.0 Å². The second-order valence-electron chi connectivity index (χ2n) is 6.07. The standard InChI is InChI=1S/C16H15N3O7S2/c1-19(16(20)12-3-2-6-18-12)15-10-8-14(28(24,25)26)11(17)7-9(10)4-5-13(15)27(21,22)23/h2-3,5-8,17H,4H2,1H3,(H3,18,20,21,22,23,24,25,26)/p+1. The van der Waals surface area contributed by atoms with Crippen molar-refractivity contribution in [3.63, 3.8) is 0 Å². The lowest BCUT2D eigenvalue weighted by Crippen LogP contribution is -2.32. The summed E-state index contributed by atoms with van der Waals surface area (Å²) in [5, 5.41) is 0. The molecule has 0 fully saturated rings. The molecule has 1 amide bonds. The highest BCUT2D eigenvalue weighted by Crippen LogP contribution is 2.30. The number of amides is 1. The lowest BCUT2D eigenvalue weighted by atomic mass is 9.94. The number of aromatic amines is 1. The third kappa shape index (κ3) is 3.49. The Labute approximate surface area is 160 Å². The molecule has 28 heavy (non-hydrogen) atoms. The Morgan fingerprint density at radius 2 is 1.86 bits per heavy atom. The summed E-state index contributed by atoms with van der Waals surface area (Å²) in [5.41, 5.74) is 5.79. The van der Waals surface area contributed by atoms with E-state index in [1.807, 2.05) is 0 Å². The van der Waals surface area contributed by atoms with Gasteiger partial charge in [0, 0.05) is 6.20 Å². The number of carbonyl (C=O) groups is 1. The van der Waals surface area contributed by atoms with E-state index in [9.17, 15) is 30.7 Å². The van der Waals surface area contributed by atoms with Gasteiger partial charge in [0.25, 0.3) is 10.1 Å². The van der Waals surface area contributed by atoms with Crippen LogP contribution in [0.1, 0.15) is 21.6 Å². The van der Waals surface area contributed by atoms with E-state index < -0.39 is 35.9 Å². The topological polar surface area (TPSA) is 171 Å². The zero-order valence-electron chi connectivity index (χ0n) is 14.4. The number of rotatable bonds is 3. The van der Waals surface area contributed by atoms with Gasteiger partial charge in [-0.2, -0.15) is 21.4 Å². The summed E-state index contributed by atoms with van der Waals surface area (Å²) in [6.07, 6.45) is 2.70. The molecular weight excluding hydrogens is 410 g/mol. The molecule has 5 N–H and O–H groups in total. The molecule has 1 heterocycles. The monoisotopic (exact) mass is 426 g/mol. The van der Waals surface area contributed by atoms with Crippen molar-refractivity contribution >= 4 is 37.5 Å². The zero-order chi connectivity index (χ0) is 20.9. The van der Waals surface area contributed by atoms with Gasteiger partial charge in [-0.1, -0.05) is 6.08 Å². The molecule has 3 rings (SSSR count). The van der Waals surface area contributed by atoms with Gasteiger partial charge in [-0.3, -0.25) is 9.11 Å². The number of nitrogens with one attached hydrogen (secondary N) is 1. The second kappa shape index (κ2) is 6.67. The Hall–Kier alpha value is -2.80. The smallest absolute Gasteiger partial charge is 0.398 e. The summed E-state index contributed by atoms with van der Waals surface area (Å²) in [4.78, 5) is 14.2. The van der Waals surface area contributed by atoms with Crippen LogP contribution in [0.5, 0.6) is 0 Å². The summed E-state index contributed by atoms with van der Waals surface area (Å²) >= 11 is 0. The Bertz CT molecular complexity index is 1260. The van der Waals surface area contributed by atoms with Crippen LogP contribution in [0.2, 0.25) is 0 Å². The molecule has 10 nitrogen and oxygen atoms in total. The van der Waals surface area contributed by atoms with Gasteiger partial charge in [0.15, 0.2) is 10.6 Å². The minimum absolute atomic E-state index is 0.00838. The lowest BCUT2D eigenvalue weighted by molar-refractivity contribution is -0.393. The van der Waals surface area contributed by atoms with Crippen LogP contribution in [0.15, 0.2) is 46.3 Å². The maximum atomic E-state index is 12.7. The van der Waals surface area contributed by atoms with Gasteiger partial charge in [0.2, 0.25) is 5.71 Å². The molecule has 0 saturated carbocycles. The molecule has 1 aliphatic rings. The summed E-state index contributed by atoms with van der Waals surface area (Å²) < 4.78 is 67.0. The van der Waals surface area contributed by atoms with Gasteiger partial charge in [-0.05, 0) is 36.2 Å². The van der Waals surface area contributed by atoms with E-state index in [-0.39, 0.29) is 29.1 Å². The van der Waals surface area contributed by atoms with E-state index in [1.165, 1.54) is 31.5 Å². The largest absolute Gasteiger partial charge is 0.436 e. The van der Waals surface area contributed by atoms with E-state index in [0.717, 1.165) is 10.6 Å². The summed E-state index contributed by atoms with van der Waals surface area (Å²) in [7, 11) is -8.18. The van der Waals surface area contributed by atoms with Gasteiger partial charge in [0.05, 0.1) is 11.3 Å². The van der Waals surface area contributed by atoms with Crippen molar-refractivity contribution in [1.82, 2.24) is 4.98 Å². The molecule has 1 aromatic heterocycles. The molecule has 0 bridgehead atoms. The average molecular weight is 426 g/mol. The van der Waals surface area contributed by atoms with Crippen LogP contribution in [-0.4, -0.2) is 54.2 Å². The first-order valence-electron chi connectivity index (χ1n) is 7.78. The maximum Gasteiger partial charge on any atom is 0.436 e. The number of aromatic nitrogens is 1. The van der Waals surface area contributed by atoms with Crippen molar-refractivity contribution in [3.8, 4) is 0 Å². The van der Waals surface area contributed by atoms with Crippen LogP contribution in [0.25, 0.3) is 0 Å². The van der Waals surface area contributed by atoms with Crippen molar-refractivity contribution in [2.75, 3.05) is 12.8 Å². The minimum atomic E-state index is -4.75. The molecule has 0 aliphatic heterocycles. The molecule has 148 valence electrons. The fraction of sp³-hybridized carbons (Fsp3) is 0.125. The Balaban J connectivity index is 2.37. The number of hydrogen-bond acceptors (Lipinski definition) is 6. The zero-order valence-corrected chi connectivity index (χ0v) is 16.1. The number of allylic oxidation sites excluding steroid dienone is 2. The fourth-order valence-electron chi connectivity index (χ4n) is 3.01. The molecule has 2 aromatic rings. The highest BCUT2D eigenvalue weighted by molar-refractivity contribution is 7.91. The van der Waals surface area contributed by atoms with E-state index >= 15 is 0 Å². The van der Waals surface area contributed by atoms with Crippen LogP contribution in [-0.2, 0) is 26.7 Å². The van der Waals surface area contributed by atoms with Crippen molar-refractivity contribution in [2.45, 2.75) is 11.3 Å². The number of nitrogens with two attached hydrogens (primary N) is 1. The molecular formula is C16H16N3O7S2+. The number of H-pyrrole nitrogens is 1. The van der Waals surface area contributed by atoms with Gasteiger partial charge in [0.1, 0.15) is 11.9 Å². The third-order valence-corrected chi connectivity index (χ3v) is 6.08. The second-order valence-corrected chi connectivity index (χ2v) is 8.85. The molecule has 1 aliphatic carbocycles. The van der Waals surface area contributed by atoms with E-state index in [1.54, 1.807) is 6.07 Å². The normalized spacial score (nSPS) is 16.3. The highest BCUT2D eigenvalue weighted by atomic mass is 32.2. The number of nitrogens with zero attached hydrogens (tertiary/aromatic N) is 1. The number of fused-ring (bicyclic) bond motifs is 1. The minimum Gasteiger partial charge on any atom is -0.398 e. The number of benzene rings is 1. The lowest BCUT2D eigenvalue weighted by Gasteiger charge is -2.17. The molecule has 0 radical (unpaired) electrons. The van der Waals surface area contributed by atoms with Gasteiger partial charge in [-0.25, -0.2) is 4.79 Å². The first kappa shape index (κ1) is 19.9. The fourth-order valence-corrected chi connectivity index (χ4v) is 4.42. The quantitative estimate of drug-likeness (QED) is 0.311. The van der Waals surface area contributed by atoms with Crippen LogP contribution >= 0.6 is 0 Å².